The highest BCUT2D eigenvalue weighted by Crippen LogP contribution is 2.43. The summed E-state index contributed by atoms with van der Waals surface area (Å²) >= 11 is 9.55. The van der Waals surface area contributed by atoms with Gasteiger partial charge >= 0.3 is 11.9 Å². The second kappa shape index (κ2) is 8.96. The fourth-order valence-corrected chi connectivity index (χ4v) is 5.06. The molecule has 0 aliphatic carbocycles. The van der Waals surface area contributed by atoms with E-state index in [0.29, 0.717) is 11.1 Å². The molecule has 0 saturated heterocycles. The Kier molecular flexibility index (Phi) is 6.26. The smallest absolute Gasteiger partial charge is 0.337 e. The Morgan fingerprint density at radius 1 is 1.12 bits per heavy atom. The normalized spacial score (nSPS) is 17.7. The zero-order chi connectivity index (χ0) is 23.0. The minimum atomic E-state index is -0.852. The van der Waals surface area contributed by atoms with Crippen molar-refractivity contribution in [1.82, 2.24) is 9.88 Å². The molecule has 1 amide bonds. The molecule has 1 aromatic heterocycles. The zero-order valence-electron chi connectivity index (χ0n) is 17.4. The number of nitrogens with zero attached hydrogens (tertiary/aromatic N) is 1. The highest BCUT2D eigenvalue weighted by Gasteiger charge is 2.44. The van der Waals surface area contributed by atoms with Crippen LogP contribution in [0, 0.1) is 0 Å². The van der Waals surface area contributed by atoms with Crippen molar-refractivity contribution in [2.75, 3.05) is 20.1 Å². The van der Waals surface area contributed by atoms with Crippen LogP contribution in [0.5, 0.6) is 0 Å². The van der Waals surface area contributed by atoms with Gasteiger partial charge in [-0.1, -0.05) is 34.1 Å². The van der Waals surface area contributed by atoms with E-state index in [-0.39, 0.29) is 12.3 Å². The molecule has 7 nitrogen and oxygen atoms in total. The number of aromatic nitrogens is 1. The molecule has 166 valence electrons. The number of amides is 1. The SMILES string of the molecule is COC(=O)c1ccc([C@H]2c3[nH]c4cccc(Br)c4c3C[C@H](C(=O)OC)N2C(=O)CCl)cc1. The van der Waals surface area contributed by atoms with Crippen molar-refractivity contribution in [3.63, 3.8) is 0 Å². The third-order valence-electron chi connectivity index (χ3n) is 5.72. The molecule has 2 atom stereocenters. The number of carbonyl (C=O) groups excluding carboxylic acids is 3. The average molecular weight is 520 g/mol. The van der Waals surface area contributed by atoms with E-state index < -0.39 is 29.9 Å². The van der Waals surface area contributed by atoms with E-state index in [1.807, 2.05) is 18.2 Å². The lowest BCUT2D eigenvalue weighted by Crippen LogP contribution is -2.52. The summed E-state index contributed by atoms with van der Waals surface area (Å²) < 4.78 is 10.7. The van der Waals surface area contributed by atoms with Crippen LogP contribution in [-0.4, -0.2) is 53.9 Å². The number of alkyl halides is 1. The molecule has 2 aromatic carbocycles. The summed E-state index contributed by atoms with van der Waals surface area (Å²) in [7, 11) is 2.61. The van der Waals surface area contributed by atoms with Crippen LogP contribution in [0.1, 0.15) is 33.2 Å². The predicted octanol–water partition coefficient (Wildman–Crippen LogP) is 3.97. The van der Waals surface area contributed by atoms with E-state index in [0.717, 1.165) is 26.6 Å². The summed E-state index contributed by atoms with van der Waals surface area (Å²) in [4.78, 5) is 42.5. The van der Waals surface area contributed by atoms with Gasteiger partial charge in [-0.15, -0.1) is 11.6 Å². The Labute approximate surface area is 197 Å². The number of nitrogens with one attached hydrogen (secondary N) is 1. The Morgan fingerprint density at radius 3 is 2.47 bits per heavy atom. The number of ether oxygens (including phenoxy) is 2. The Hall–Kier alpha value is -2.84. The maximum atomic E-state index is 13.0. The predicted molar refractivity (Wildman–Crippen MR) is 123 cm³/mol. The van der Waals surface area contributed by atoms with Crippen molar-refractivity contribution < 1.29 is 23.9 Å². The summed E-state index contributed by atoms with van der Waals surface area (Å²) in [6.45, 7) is 0. The number of aromatic amines is 1. The molecule has 0 saturated carbocycles. The maximum Gasteiger partial charge on any atom is 0.337 e. The molecule has 2 heterocycles. The van der Waals surface area contributed by atoms with Gasteiger partial charge in [0.25, 0.3) is 0 Å². The average Bonchev–Trinajstić information content (AvgIpc) is 3.20. The molecule has 1 N–H and O–H groups in total. The Bertz CT molecular complexity index is 1210. The Morgan fingerprint density at radius 2 is 1.84 bits per heavy atom. The van der Waals surface area contributed by atoms with Crippen LogP contribution in [-0.2, 0) is 25.5 Å². The lowest BCUT2D eigenvalue weighted by Gasteiger charge is -2.40. The van der Waals surface area contributed by atoms with Crippen molar-refractivity contribution in [3.8, 4) is 0 Å². The van der Waals surface area contributed by atoms with Crippen LogP contribution < -0.4 is 0 Å². The molecule has 1 aliphatic rings. The molecule has 0 bridgehead atoms. The van der Waals surface area contributed by atoms with Crippen LogP contribution in [0.2, 0.25) is 0 Å². The van der Waals surface area contributed by atoms with E-state index >= 15 is 0 Å². The molecular weight excluding hydrogens is 500 g/mol. The first-order chi connectivity index (χ1) is 15.4. The first kappa shape index (κ1) is 22.4. The number of hydrogen-bond acceptors (Lipinski definition) is 5. The highest BCUT2D eigenvalue weighted by molar-refractivity contribution is 9.10. The van der Waals surface area contributed by atoms with Crippen LogP contribution in [0.25, 0.3) is 10.9 Å². The van der Waals surface area contributed by atoms with Crippen LogP contribution in [0.15, 0.2) is 46.9 Å². The van der Waals surface area contributed by atoms with Gasteiger partial charge < -0.3 is 19.4 Å². The molecule has 0 unspecified atom stereocenters. The monoisotopic (exact) mass is 518 g/mol. The first-order valence-electron chi connectivity index (χ1n) is 9.83. The van der Waals surface area contributed by atoms with Crippen molar-refractivity contribution in [2.24, 2.45) is 0 Å². The number of H-pyrrole nitrogens is 1. The minimum absolute atomic E-state index is 0.282. The fraction of sp³-hybridized carbons (Fsp3) is 0.261. The highest BCUT2D eigenvalue weighted by atomic mass is 79.9. The standard InChI is InChI=1S/C23H20BrClN2O5/c1-31-22(29)13-8-6-12(7-9-13)21-20-14(19-15(24)4-3-5-16(19)26-20)10-17(23(30)32-2)27(21)18(28)11-25/h3-9,17,21,26H,10-11H2,1-2H3/t17-,21+/m1/s1. The largest absolute Gasteiger partial charge is 0.467 e. The molecule has 0 radical (unpaired) electrons. The van der Waals surface area contributed by atoms with Gasteiger partial charge in [0.1, 0.15) is 11.9 Å². The number of methoxy groups -OCH3 is 2. The van der Waals surface area contributed by atoms with Gasteiger partial charge in [0.2, 0.25) is 5.91 Å². The van der Waals surface area contributed by atoms with E-state index in [9.17, 15) is 14.4 Å². The van der Waals surface area contributed by atoms with Gasteiger partial charge in [-0.3, -0.25) is 4.79 Å². The molecule has 0 fully saturated rings. The van der Waals surface area contributed by atoms with Crippen molar-refractivity contribution in [2.45, 2.75) is 18.5 Å². The molecule has 1 aliphatic heterocycles. The van der Waals surface area contributed by atoms with Crippen molar-refractivity contribution in [3.05, 3.63) is 69.3 Å². The van der Waals surface area contributed by atoms with Crippen molar-refractivity contribution >= 4 is 56.3 Å². The second-order valence-corrected chi connectivity index (χ2v) is 8.50. The third-order valence-corrected chi connectivity index (χ3v) is 6.61. The van der Waals surface area contributed by atoms with Gasteiger partial charge in [-0.25, -0.2) is 9.59 Å². The van der Waals surface area contributed by atoms with Gasteiger partial charge in [0.15, 0.2) is 0 Å². The summed E-state index contributed by atoms with van der Waals surface area (Å²) in [5.74, 6) is -1.67. The summed E-state index contributed by atoms with van der Waals surface area (Å²) in [6, 6.07) is 11.1. The van der Waals surface area contributed by atoms with Gasteiger partial charge in [-0.05, 0) is 35.4 Å². The van der Waals surface area contributed by atoms with Gasteiger partial charge in [0, 0.05) is 27.5 Å². The molecule has 9 heteroatoms. The van der Waals surface area contributed by atoms with Crippen LogP contribution in [0.4, 0.5) is 0 Å². The second-order valence-electron chi connectivity index (χ2n) is 7.37. The lowest BCUT2D eigenvalue weighted by atomic mass is 9.87. The molecule has 4 rings (SSSR count). The number of esters is 2. The fourth-order valence-electron chi connectivity index (χ4n) is 4.31. The summed E-state index contributed by atoms with van der Waals surface area (Å²) in [6.07, 6.45) is 0.282. The number of carbonyl (C=O) groups is 3. The molecule has 32 heavy (non-hydrogen) atoms. The van der Waals surface area contributed by atoms with E-state index in [2.05, 4.69) is 20.9 Å². The first-order valence-corrected chi connectivity index (χ1v) is 11.2. The van der Waals surface area contributed by atoms with E-state index in [4.69, 9.17) is 21.1 Å². The van der Waals surface area contributed by atoms with Crippen LogP contribution in [0.3, 0.4) is 0 Å². The topological polar surface area (TPSA) is 88.7 Å². The number of fused-ring (bicyclic) bond motifs is 3. The number of benzene rings is 2. The molecule has 0 spiro atoms. The van der Waals surface area contributed by atoms with E-state index in [1.54, 1.807) is 24.3 Å². The number of halogens is 2. The molecular formula is C23H20BrClN2O5. The minimum Gasteiger partial charge on any atom is -0.467 e. The van der Waals surface area contributed by atoms with Gasteiger partial charge in [-0.2, -0.15) is 0 Å². The third kappa shape index (κ3) is 3.67. The quantitative estimate of drug-likeness (QED) is 0.416. The maximum absolute atomic E-state index is 13.0. The summed E-state index contributed by atoms with van der Waals surface area (Å²) in [5.41, 5.74) is 3.68. The lowest BCUT2D eigenvalue weighted by molar-refractivity contribution is -0.154. The Balaban J connectivity index is 1.96. The number of hydrogen-bond donors (Lipinski definition) is 1. The van der Waals surface area contributed by atoms with E-state index in [1.165, 1.54) is 19.1 Å². The van der Waals surface area contributed by atoms with Gasteiger partial charge in [0.05, 0.1) is 25.8 Å². The zero-order valence-corrected chi connectivity index (χ0v) is 19.7. The van der Waals surface area contributed by atoms with Crippen molar-refractivity contribution in [1.29, 1.82) is 0 Å². The number of rotatable bonds is 4. The summed E-state index contributed by atoms with van der Waals surface area (Å²) in [5, 5.41) is 0.950. The molecule has 3 aromatic rings. The van der Waals surface area contributed by atoms with Crippen LogP contribution >= 0.6 is 27.5 Å².